The topological polar surface area (TPSA) is 392 Å². The van der Waals surface area contributed by atoms with Crippen molar-refractivity contribution in [3.63, 3.8) is 0 Å². The van der Waals surface area contributed by atoms with E-state index in [1.165, 1.54) is 114 Å². The van der Waals surface area contributed by atoms with Gasteiger partial charge < -0.3 is 108 Å². The minimum absolute atomic E-state index is 0. The first-order valence-electron chi connectivity index (χ1n) is 39.8. The first kappa shape index (κ1) is 105. The molecule has 642 valence electrons. The van der Waals surface area contributed by atoms with Gasteiger partial charge in [-0.15, -0.1) is 10.2 Å². The Morgan fingerprint density at radius 1 is 0.368 bits per heavy atom. The first-order valence-corrected chi connectivity index (χ1v) is 42.3. The number of aliphatic hydroxyl groups excluding tert-OH is 8. The number of unbranched alkanes of at least 4 members (excludes halogenated alkanes) is 16. The largest absolute Gasteiger partial charge is 2.00 e. The second kappa shape index (κ2) is 68.7. The van der Waals surface area contributed by atoms with E-state index in [4.69, 9.17) is 67.1 Å². The molecule has 0 unspecified atom stereocenters. The van der Waals surface area contributed by atoms with Crippen LogP contribution in [0.5, 0.6) is 0 Å². The number of aromatic nitrogens is 6. The van der Waals surface area contributed by atoms with Crippen molar-refractivity contribution < 1.29 is 141 Å². The molecule has 10 N–H and O–H groups in total. The molecule has 4 heterocycles. The quantitative estimate of drug-likeness (QED) is 0.0246. The second-order valence-corrected chi connectivity index (χ2v) is 29.9. The van der Waals surface area contributed by atoms with Crippen LogP contribution in [0, 0.1) is 126 Å². The molecule has 4 saturated carbocycles. The summed E-state index contributed by atoms with van der Waals surface area (Å²) >= 11 is 0. The maximum absolute atomic E-state index is 11.8. The average molecular weight is 1730 g/mol. The van der Waals surface area contributed by atoms with Crippen LogP contribution in [0.2, 0.25) is 0 Å². The third-order valence-electron chi connectivity index (χ3n) is 18.1. The van der Waals surface area contributed by atoms with Gasteiger partial charge in [0.25, 0.3) is 0 Å². The molecule has 34 heteroatoms. The minimum Gasteiger partial charge on any atom is -0.394 e. The Hall–Kier alpha value is -1.84. The van der Waals surface area contributed by atoms with Crippen LogP contribution in [0.4, 0.5) is 0 Å². The summed E-state index contributed by atoms with van der Waals surface area (Å²) in [4.78, 5) is 23.6. The number of ether oxygens (including phenoxy) is 12. The van der Waals surface area contributed by atoms with Crippen molar-refractivity contribution in [2.24, 2.45) is 0 Å². The average Bonchev–Trinajstić information content (AvgIpc) is 1.50. The van der Waals surface area contributed by atoms with Crippen LogP contribution in [0.25, 0.3) is 0 Å². The van der Waals surface area contributed by atoms with Crippen LogP contribution < -0.4 is 10.6 Å². The van der Waals surface area contributed by atoms with E-state index < -0.39 is 74.6 Å². The fourth-order valence-electron chi connectivity index (χ4n) is 11.7. The summed E-state index contributed by atoms with van der Waals surface area (Å²) in [5, 5.41) is 98.5. The van der Waals surface area contributed by atoms with Gasteiger partial charge in [0.2, 0.25) is 11.8 Å². The minimum atomic E-state index is -1.46. The molecule has 10 atom stereocenters. The monoisotopic (exact) mass is 1730 g/mol. The van der Waals surface area contributed by atoms with E-state index in [-0.39, 0.29) is 59.2 Å². The van der Waals surface area contributed by atoms with Gasteiger partial charge in [-0.3, -0.25) is 19.0 Å². The van der Waals surface area contributed by atoms with Gasteiger partial charge in [0.05, 0.1) is 143 Å². The number of nitrogens with zero attached hydrogens (tertiary/aromatic N) is 6. The van der Waals surface area contributed by atoms with Gasteiger partial charge >= 0.3 is 34.1 Å². The zero-order valence-electron chi connectivity index (χ0n) is 65.8. The van der Waals surface area contributed by atoms with Gasteiger partial charge in [-0.05, 0) is 128 Å². The Labute approximate surface area is 708 Å². The number of hydrogen-bond acceptors (Lipinski definition) is 28. The second-order valence-electron chi connectivity index (χ2n) is 27.2. The predicted molar refractivity (Wildman–Crippen MR) is 420 cm³/mol. The molecule has 4 aliphatic carbocycles. The van der Waals surface area contributed by atoms with E-state index in [1.807, 2.05) is 77.0 Å². The summed E-state index contributed by atoms with van der Waals surface area (Å²) in [7, 11) is 4.16. The molecule has 114 heavy (non-hydrogen) atoms. The molecule has 30 nitrogen and oxygen atoms in total. The third kappa shape index (κ3) is 47.0. The van der Waals surface area contributed by atoms with Gasteiger partial charge in [0, 0.05) is 62.7 Å². The van der Waals surface area contributed by atoms with E-state index in [0.717, 1.165) is 37.9 Å². The first-order chi connectivity index (χ1) is 54.9. The van der Waals surface area contributed by atoms with Crippen molar-refractivity contribution >= 4 is 33.4 Å². The smallest absolute Gasteiger partial charge is 0.394 e. The Kier molecular flexibility index (Phi) is 62.9. The number of rotatable bonds is 63. The predicted octanol–water partition coefficient (Wildman–Crippen LogP) is 4.56. The summed E-state index contributed by atoms with van der Waals surface area (Å²) in [6.07, 6.45) is 44.5. The van der Waals surface area contributed by atoms with Gasteiger partial charge in [-0.1, -0.05) is 122 Å². The van der Waals surface area contributed by atoms with Crippen LogP contribution >= 0.6 is 21.6 Å². The van der Waals surface area contributed by atoms with E-state index in [2.05, 4.69) is 52.8 Å². The van der Waals surface area contributed by atoms with Crippen molar-refractivity contribution in [3.05, 3.63) is 150 Å². The van der Waals surface area contributed by atoms with Crippen molar-refractivity contribution in [1.29, 1.82) is 0 Å². The zero-order chi connectivity index (χ0) is 79.5. The molecule has 0 spiro atoms. The maximum atomic E-state index is 11.8. The zero-order valence-corrected chi connectivity index (χ0v) is 69.6. The van der Waals surface area contributed by atoms with Crippen LogP contribution in [-0.4, -0.2) is 288 Å². The van der Waals surface area contributed by atoms with Gasteiger partial charge in [-0.2, -0.15) is 0 Å². The van der Waals surface area contributed by atoms with E-state index in [9.17, 15) is 40.2 Å². The van der Waals surface area contributed by atoms with Crippen molar-refractivity contribution in [3.8, 4) is 0 Å². The molecule has 0 bridgehead atoms. The van der Waals surface area contributed by atoms with Crippen molar-refractivity contribution in [2.75, 3.05) is 144 Å². The van der Waals surface area contributed by atoms with E-state index in [0.29, 0.717) is 142 Å². The molecule has 20 radical (unpaired) electrons. The number of carbonyl (C=O) groups is 2. The molecule has 2 aromatic rings. The Morgan fingerprint density at radius 2 is 0.649 bits per heavy atom. The summed E-state index contributed by atoms with van der Waals surface area (Å²) in [6, 6.07) is 0. The van der Waals surface area contributed by atoms with Crippen LogP contribution in [0.3, 0.4) is 0 Å². The molecule has 0 aromatic carbocycles. The van der Waals surface area contributed by atoms with Crippen LogP contribution in [-0.2, 0) is 127 Å². The fourth-order valence-corrected chi connectivity index (χ4v) is 14.0. The third-order valence-corrected chi connectivity index (χ3v) is 20.7. The summed E-state index contributed by atoms with van der Waals surface area (Å²) < 4.78 is 69.2. The molecular weight excluding hydrogens is 1600 g/mol. The molecule has 2 saturated heterocycles. The molecule has 6 aliphatic rings. The van der Waals surface area contributed by atoms with Crippen LogP contribution in [0.1, 0.15) is 127 Å². The molecule has 6 fully saturated rings. The molecule has 8 rings (SSSR count). The van der Waals surface area contributed by atoms with Gasteiger partial charge in [0.1, 0.15) is 60.2 Å². The Balaban J connectivity index is 0.000000439. The number of carbonyl (C=O) groups excluding carboxylic acids is 2. The number of aliphatic hydroxyl groups is 8. The van der Waals surface area contributed by atoms with Crippen molar-refractivity contribution in [2.45, 2.75) is 203 Å². The number of nitrogens with one attached hydrogen (secondary N) is 2. The van der Waals surface area contributed by atoms with E-state index in [1.54, 1.807) is 47.4 Å². The normalized spacial score (nSPS) is 22.8. The fraction of sp³-hybridized carbons (Fsp3) is 0.675. The Bertz CT molecular complexity index is 2400. The van der Waals surface area contributed by atoms with E-state index >= 15 is 0 Å². The standard InChI is InChI=1S/C50H86N2O10S2.2C15H20N3O6.2Fe/c53-49(47-23-15-16-24-47)51-27-31-57-35-39-61-43-41-59-37-33-55-29-19-11-7-3-1-5-9-13-21-45-63-64-46-22-14-10-6-2-4-8-12-20-30-56-34-38-60-42-44-62-40-36-58-32-28-52-50(54)48-25-17-18-26-48;2*19-7-11-12(20)13(21)14(22)15(24-11)23-8-10-6-18(17-16-10)5-9-3-1-2-4-9;;/h15-18,23-26H,1-14,19-22,27-46H2,(H,51,53)(H,52,54);2*1-4,6,11-15,19-22H,5,7-8H2;;/q;;;2*+2/t;2*11-,12-,13+,14+,15+;;/m.11../s1. The Morgan fingerprint density at radius 3 is 0.965 bits per heavy atom. The van der Waals surface area contributed by atoms with Gasteiger partial charge in [0.15, 0.2) is 12.6 Å². The number of amides is 2. The van der Waals surface area contributed by atoms with Gasteiger partial charge in [-0.25, -0.2) is 0 Å². The summed E-state index contributed by atoms with van der Waals surface area (Å²) in [5.74, 6) is 6.00. The maximum Gasteiger partial charge on any atom is 2.00 e. The summed E-state index contributed by atoms with van der Waals surface area (Å²) in [6.45, 7) is 10.4. The molecule has 2 aliphatic heterocycles. The summed E-state index contributed by atoms with van der Waals surface area (Å²) in [5.41, 5.74) is 1.05. The number of hydrogen-bond donors (Lipinski definition) is 10. The van der Waals surface area contributed by atoms with Crippen molar-refractivity contribution in [1.82, 2.24) is 40.6 Å². The SMILES string of the molecule is O=C(NCCOCCOCCOCCOCCCCCCCCCCCSSCCCCCCCCCCCOCCOCCOCCOCCNC(=O)[C]1[CH][CH][CH][CH]1)[C]1[CH][CH][CH][CH]1.OC[C@H]1O[C@H](OCc2cn(C[C]3[CH][CH][CH][CH]3)nn2)[C@@H](O)[C@@H](O)[C@@H]1O.OC[C@H]1O[C@H](OCc2cn(C[C]3[CH][CH][CH][CH]3)nn2)[C@@H](O)[C@@H](O)[C@@H]1O.[Fe+2].[Fe+2]. The molecule has 2 amide bonds. The molecular formula is C80H126Fe2N8O22S2+4. The molecule has 2 aromatic heterocycles. The van der Waals surface area contributed by atoms with Crippen LogP contribution in [0.15, 0.2) is 12.4 Å².